The minimum atomic E-state index is 0.236. The summed E-state index contributed by atoms with van der Waals surface area (Å²) in [5.41, 5.74) is 8.58. The van der Waals surface area contributed by atoms with Crippen molar-refractivity contribution in [3.63, 3.8) is 0 Å². The van der Waals surface area contributed by atoms with E-state index in [0.29, 0.717) is 0 Å². The van der Waals surface area contributed by atoms with Crippen LogP contribution in [-0.4, -0.2) is 24.5 Å². The van der Waals surface area contributed by atoms with Gasteiger partial charge in [-0.05, 0) is 37.4 Å². The molecule has 1 aromatic carbocycles. The van der Waals surface area contributed by atoms with Crippen molar-refractivity contribution < 1.29 is 0 Å². The fourth-order valence-electron chi connectivity index (χ4n) is 2.12. The first kappa shape index (κ1) is 14.2. The Kier molecular flexibility index (Phi) is 5.66. The molecule has 0 saturated carbocycles. The van der Waals surface area contributed by atoms with Crippen LogP contribution < -0.4 is 5.73 Å². The van der Waals surface area contributed by atoms with E-state index in [4.69, 9.17) is 5.73 Å². The molecule has 0 aromatic heterocycles. The lowest BCUT2D eigenvalue weighted by molar-refractivity contribution is 0.310. The lowest BCUT2D eigenvalue weighted by atomic mass is 10.0. The third kappa shape index (κ3) is 5.85. The minimum Gasteiger partial charge on any atom is -0.327 e. The number of nitrogens with two attached hydrogens (primary N) is 1. The van der Waals surface area contributed by atoms with Crippen LogP contribution in [0.25, 0.3) is 0 Å². The molecule has 0 aliphatic rings. The van der Waals surface area contributed by atoms with Crippen molar-refractivity contribution in [3.05, 3.63) is 35.4 Å². The van der Waals surface area contributed by atoms with Crippen molar-refractivity contribution in [2.24, 2.45) is 11.7 Å². The third-order valence-corrected chi connectivity index (χ3v) is 2.72. The van der Waals surface area contributed by atoms with E-state index in [2.05, 4.69) is 50.1 Å². The van der Waals surface area contributed by atoms with Crippen LogP contribution in [-0.2, 0) is 13.0 Å². The highest BCUT2D eigenvalue weighted by atomic mass is 15.1. The van der Waals surface area contributed by atoms with Crippen LogP contribution in [0.15, 0.2) is 24.3 Å². The van der Waals surface area contributed by atoms with Gasteiger partial charge in [0.05, 0.1) is 0 Å². The minimum absolute atomic E-state index is 0.236. The molecule has 1 aromatic rings. The van der Waals surface area contributed by atoms with Crippen LogP contribution in [0.2, 0.25) is 0 Å². The molecule has 2 N–H and O–H groups in total. The summed E-state index contributed by atoms with van der Waals surface area (Å²) in [6, 6.07) is 9.19. The molecule has 96 valence electrons. The average Bonchev–Trinajstić information content (AvgIpc) is 2.18. The molecule has 0 amide bonds. The number of likely N-dealkylation sites (N-methyl/N-ethyl adjacent to an activating group) is 1. The average molecular weight is 234 g/mol. The number of rotatable bonds is 6. The van der Waals surface area contributed by atoms with Gasteiger partial charge in [-0.3, -0.25) is 0 Å². The molecular weight excluding hydrogens is 208 g/mol. The highest BCUT2D eigenvalue weighted by molar-refractivity contribution is 5.22. The zero-order valence-corrected chi connectivity index (χ0v) is 11.6. The standard InChI is InChI=1S/C15H26N2/c1-12(2)9-14-5-7-15(8-6-14)11-17(4)10-13(3)16/h5-8,12-13H,9-11,16H2,1-4H3. The maximum atomic E-state index is 5.78. The first-order chi connectivity index (χ1) is 7.97. The SMILES string of the molecule is CC(C)Cc1ccc(CN(C)CC(C)N)cc1. The Morgan fingerprint density at radius 3 is 2.06 bits per heavy atom. The second-order valence-electron chi connectivity index (χ2n) is 5.59. The summed E-state index contributed by atoms with van der Waals surface area (Å²) in [4.78, 5) is 2.27. The fourth-order valence-corrected chi connectivity index (χ4v) is 2.12. The van der Waals surface area contributed by atoms with Gasteiger partial charge in [0, 0.05) is 19.1 Å². The molecule has 1 unspecified atom stereocenters. The molecule has 0 spiro atoms. The normalized spacial score (nSPS) is 13.4. The fraction of sp³-hybridized carbons (Fsp3) is 0.600. The molecule has 1 rings (SSSR count). The van der Waals surface area contributed by atoms with Gasteiger partial charge in [0.15, 0.2) is 0 Å². The second-order valence-corrected chi connectivity index (χ2v) is 5.59. The first-order valence-corrected chi connectivity index (χ1v) is 6.49. The van der Waals surface area contributed by atoms with Gasteiger partial charge in [-0.15, -0.1) is 0 Å². The van der Waals surface area contributed by atoms with Crippen molar-refractivity contribution in [1.82, 2.24) is 4.90 Å². The van der Waals surface area contributed by atoms with Crippen molar-refractivity contribution in [2.45, 2.75) is 39.8 Å². The molecule has 1 atom stereocenters. The van der Waals surface area contributed by atoms with Crippen LogP contribution in [0.5, 0.6) is 0 Å². The molecule has 0 aliphatic heterocycles. The van der Waals surface area contributed by atoms with Crippen LogP contribution >= 0.6 is 0 Å². The Morgan fingerprint density at radius 1 is 1.06 bits per heavy atom. The number of nitrogens with zero attached hydrogens (tertiary/aromatic N) is 1. The molecule has 0 heterocycles. The number of benzene rings is 1. The zero-order valence-electron chi connectivity index (χ0n) is 11.6. The van der Waals surface area contributed by atoms with Crippen LogP contribution in [0.4, 0.5) is 0 Å². The summed E-state index contributed by atoms with van der Waals surface area (Å²) in [5, 5.41) is 0. The summed E-state index contributed by atoms with van der Waals surface area (Å²) >= 11 is 0. The molecule has 0 saturated heterocycles. The van der Waals surface area contributed by atoms with Gasteiger partial charge in [0.2, 0.25) is 0 Å². The monoisotopic (exact) mass is 234 g/mol. The summed E-state index contributed by atoms with van der Waals surface area (Å²) in [6.07, 6.45) is 1.16. The van der Waals surface area contributed by atoms with E-state index in [1.54, 1.807) is 0 Å². The molecule has 17 heavy (non-hydrogen) atoms. The lowest BCUT2D eigenvalue weighted by Gasteiger charge is -2.19. The van der Waals surface area contributed by atoms with Gasteiger partial charge in [-0.2, -0.15) is 0 Å². The van der Waals surface area contributed by atoms with Crippen LogP contribution in [0.1, 0.15) is 31.9 Å². The Bertz CT molecular complexity index is 314. The zero-order chi connectivity index (χ0) is 12.8. The van der Waals surface area contributed by atoms with E-state index in [9.17, 15) is 0 Å². The highest BCUT2D eigenvalue weighted by Gasteiger charge is 2.03. The van der Waals surface area contributed by atoms with Crippen molar-refractivity contribution in [2.75, 3.05) is 13.6 Å². The van der Waals surface area contributed by atoms with Crippen molar-refractivity contribution >= 4 is 0 Å². The quantitative estimate of drug-likeness (QED) is 0.820. The molecule has 0 fully saturated rings. The van der Waals surface area contributed by atoms with E-state index in [1.807, 2.05) is 6.92 Å². The largest absolute Gasteiger partial charge is 0.327 e. The smallest absolute Gasteiger partial charge is 0.0231 e. The molecule has 0 radical (unpaired) electrons. The van der Waals surface area contributed by atoms with Crippen LogP contribution in [0.3, 0.4) is 0 Å². The Balaban J connectivity index is 2.50. The Labute approximate surface area is 106 Å². The Morgan fingerprint density at radius 2 is 1.59 bits per heavy atom. The maximum Gasteiger partial charge on any atom is 0.0231 e. The molecule has 0 bridgehead atoms. The topological polar surface area (TPSA) is 29.3 Å². The maximum absolute atomic E-state index is 5.78. The predicted octanol–water partition coefficient (Wildman–Crippen LogP) is 2.66. The van der Waals surface area contributed by atoms with Crippen molar-refractivity contribution in [3.8, 4) is 0 Å². The lowest BCUT2D eigenvalue weighted by Crippen LogP contribution is -2.32. The first-order valence-electron chi connectivity index (χ1n) is 6.49. The van der Waals surface area contributed by atoms with Gasteiger partial charge in [0.1, 0.15) is 0 Å². The van der Waals surface area contributed by atoms with Crippen molar-refractivity contribution in [1.29, 1.82) is 0 Å². The number of hydrogen-bond donors (Lipinski definition) is 1. The van der Waals surface area contributed by atoms with Gasteiger partial charge < -0.3 is 10.6 Å². The van der Waals surface area contributed by atoms with Gasteiger partial charge in [0.25, 0.3) is 0 Å². The summed E-state index contributed by atoms with van der Waals surface area (Å²) in [6.45, 7) is 8.47. The molecule has 0 aliphatic carbocycles. The summed E-state index contributed by atoms with van der Waals surface area (Å²) in [7, 11) is 2.12. The summed E-state index contributed by atoms with van der Waals surface area (Å²) < 4.78 is 0. The molecule has 2 heteroatoms. The van der Waals surface area contributed by atoms with E-state index >= 15 is 0 Å². The number of hydrogen-bond acceptors (Lipinski definition) is 2. The predicted molar refractivity (Wildman–Crippen MR) is 75.0 cm³/mol. The summed E-state index contributed by atoms with van der Waals surface area (Å²) in [5.74, 6) is 0.724. The third-order valence-electron chi connectivity index (χ3n) is 2.72. The van der Waals surface area contributed by atoms with E-state index in [-0.39, 0.29) is 6.04 Å². The van der Waals surface area contributed by atoms with Gasteiger partial charge in [-0.1, -0.05) is 38.1 Å². The Hall–Kier alpha value is -0.860. The highest BCUT2D eigenvalue weighted by Crippen LogP contribution is 2.11. The van der Waals surface area contributed by atoms with Gasteiger partial charge >= 0.3 is 0 Å². The van der Waals surface area contributed by atoms with Gasteiger partial charge in [-0.25, -0.2) is 0 Å². The van der Waals surface area contributed by atoms with E-state index in [0.717, 1.165) is 25.4 Å². The van der Waals surface area contributed by atoms with Crippen LogP contribution in [0, 0.1) is 5.92 Å². The van der Waals surface area contributed by atoms with E-state index in [1.165, 1.54) is 11.1 Å². The second kappa shape index (κ2) is 6.77. The molecule has 2 nitrogen and oxygen atoms in total. The van der Waals surface area contributed by atoms with E-state index < -0.39 is 0 Å². The molecular formula is C15H26N2.